The molecule has 0 aliphatic carbocycles. The van der Waals surface area contributed by atoms with Gasteiger partial charge in [0.15, 0.2) is 6.61 Å². The van der Waals surface area contributed by atoms with Crippen LogP contribution in [0, 0.1) is 13.8 Å². The maximum atomic E-state index is 12.7. The largest absolute Gasteiger partial charge is 0.454 e. The number of carbonyl (C=O) groups is 3. The molecule has 2 heterocycles. The van der Waals surface area contributed by atoms with Crippen molar-refractivity contribution in [3.63, 3.8) is 0 Å². The molecule has 10 heteroatoms. The Morgan fingerprint density at radius 1 is 1.24 bits per heavy atom. The lowest BCUT2D eigenvalue weighted by Gasteiger charge is -2.16. The van der Waals surface area contributed by atoms with Crippen molar-refractivity contribution in [2.75, 3.05) is 17.7 Å². The molecule has 1 aromatic heterocycles. The lowest BCUT2D eigenvalue weighted by Crippen LogP contribution is -2.20. The number of amides is 1. The number of hydrogen-bond donors (Lipinski definition) is 1. The first-order valence-electron chi connectivity index (χ1n) is 8.55. The first kappa shape index (κ1) is 21.0. The molecule has 0 saturated carbocycles. The third-order valence-corrected chi connectivity index (χ3v) is 5.47. The van der Waals surface area contributed by atoms with Gasteiger partial charge in [-0.3, -0.25) is 9.59 Å². The molecule has 1 aliphatic rings. The van der Waals surface area contributed by atoms with Crippen LogP contribution in [0.4, 0.5) is 18.9 Å². The Hall–Kier alpha value is -2.75. The molecule has 2 aromatic rings. The Morgan fingerprint density at radius 2 is 1.97 bits per heavy atom. The van der Waals surface area contributed by atoms with E-state index < -0.39 is 31.1 Å². The van der Waals surface area contributed by atoms with Gasteiger partial charge in [-0.05, 0) is 38.1 Å². The van der Waals surface area contributed by atoms with Crippen LogP contribution < -0.4 is 5.32 Å². The molecule has 1 aromatic carbocycles. The molecule has 1 aliphatic heterocycles. The summed E-state index contributed by atoms with van der Waals surface area (Å²) < 4.78 is 44.1. The van der Waals surface area contributed by atoms with Crippen LogP contribution in [-0.2, 0) is 16.1 Å². The molecule has 0 radical (unpaired) electrons. The van der Waals surface area contributed by atoms with Crippen molar-refractivity contribution in [2.45, 2.75) is 31.5 Å². The number of aryl methyl sites for hydroxylation is 1. The van der Waals surface area contributed by atoms with Crippen LogP contribution in [0.25, 0.3) is 0 Å². The zero-order valence-corrected chi connectivity index (χ0v) is 16.4. The van der Waals surface area contributed by atoms with Crippen LogP contribution in [-0.4, -0.2) is 40.8 Å². The maximum absolute atomic E-state index is 12.7. The first-order chi connectivity index (χ1) is 13.5. The topological polar surface area (TPSA) is 77.4 Å². The summed E-state index contributed by atoms with van der Waals surface area (Å²) in [7, 11) is 0. The van der Waals surface area contributed by atoms with Crippen molar-refractivity contribution < 1.29 is 32.3 Å². The molecular weight excluding hydrogens is 409 g/mol. The number of aromatic nitrogens is 1. The van der Waals surface area contributed by atoms with Gasteiger partial charge in [0.25, 0.3) is 0 Å². The van der Waals surface area contributed by atoms with Crippen LogP contribution in [0.2, 0.25) is 0 Å². The minimum Gasteiger partial charge on any atom is -0.454 e. The average molecular weight is 426 g/mol. The summed E-state index contributed by atoms with van der Waals surface area (Å²) in [5, 5.41) is 2.65. The standard InChI is InChI=1S/C19H17F3N2O4S/c1-10-5-13(11(2)24(10)9-19(20,21)22)15(25)7-28-18(27)12-3-4-16-14(6-12)23-17(26)8-29-16/h3-6H,7-9H2,1-2H3,(H,23,26). The molecule has 0 bridgehead atoms. The molecular formula is C19H17F3N2O4S. The van der Waals surface area contributed by atoms with E-state index in [9.17, 15) is 27.6 Å². The van der Waals surface area contributed by atoms with Gasteiger partial charge in [-0.1, -0.05) is 0 Å². The van der Waals surface area contributed by atoms with Crippen LogP contribution in [0.15, 0.2) is 29.2 Å². The number of ketones is 1. The number of fused-ring (bicyclic) bond motifs is 1. The summed E-state index contributed by atoms with van der Waals surface area (Å²) >= 11 is 1.34. The second-order valence-electron chi connectivity index (χ2n) is 6.53. The molecule has 29 heavy (non-hydrogen) atoms. The van der Waals surface area contributed by atoms with Crippen molar-refractivity contribution >= 4 is 35.1 Å². The van der Waals surface area contributed by atoms with Crippen molar-refractivity contribution in [1.29, 1.82) is 0 Å². The fraction of sp³-hybridized carbons (Fsp3) is 0.316. The normalized spacial score (nSPS) is 13.6. The van der Waals surface area contributed by atoms with Gasteiger partial charge in [0.2, 0.25) is 11.7 Å². The number of thioether (sulfide) groups is 1. The number of carbonyl (C=O) groups excluding carboxylic acids is 3. The Kier molecular flexibility index (Phi) is 5.74. The van der Waals surface area contributed by atoms with E-state index in [2.05, 4.69) is 5.32 Å². The Labute approximate surface area is 168 Å². The molecule has 6 nitrogen and oxygen atoms in total. The number of esters is 1. The molecule has 0 atom stereocenters. The van der Waals surface area contributed by atoms with E-state index >= 15 is 0 Å². The Balaban J connectivity index is 1.68. The summed E-state index contributed by atoms with van der Waals surface area (Å²) in [6.45, 7) is 1.09. The number of halogens is 3. The van der Waals surface area contributed by atoms with Gasteiger partial charge in [0.05, 0.1) is 17.0 Å². The number of Topliss-reactive ketones (excluding diaryl/α,β-unsaturated/α-hetero) is 1. The van der Waals surface area contributed by atoms with Crippen molar-refractivity contribution in [1.82, 2.24) is 4.57 Å². The van der Waals surface area contributed by atoms with Gasteiger partial charge in [0.1, 0.15) is 6.54 Å². The van der Waals surface area contributed by atoms with Crippen LogP contribution in [0.3, 0.4) is 0 Å². The first-order valence-corrected chi connectivity index (χ1v) is 9.54. The SMILES string of the molecule is Cc1cc(C(=O)COC(=O)c2ccc3c(c2)NC(=O)CS3)c(C)n1CC(F)(F)F. The predicted octanol–water partition coefficient (Wildman–Crippen LogP) is 3.75. The highest BCUT2D eigenvalue weighted by Gasteiger charge is 2.30. The summed E-state index contributed by atoms with van der Waals surface area (Å²) in [6.07, 6.45) is -4.42. The Morgan fingerprint density at radius 3 is 2.66 bits per heavy atom. The van der Waals surface area contributed by atoms with Gasteiger partial charge in [-0.25, -0.2) is 4.79 Å². The van der Waals surface area contributed by atoms with Crippen LogP contribution in [0.5, 0.6) is 0 Å². The van der Waals surface area contributed by atoms with E-state index in [1.807, 2.05) is 0 Å². The van der Waals surface area contributed by atoms with Gasteiger partial charge in [0, 0.05) is 21.8 Å². The van der Waals surface area contributed by atoms with E-state index in [1.165, 1.54) is 43.8 Å². The van der Waals surface area contributed by atoms with Gasteiger partial charge in [-0.15, -0.1) is 11.8 Å². The van der Waals surface area contributed by atoms with E-state index in [0.29, 0.717) is 5.69 Å². The number of ether oxygens (including phenoxy) is 1. The zero-order valence-electron chi connectivity index (χ0n) is 15.6. The van der Waals surface area contributed by atoms with E-state index in [4.69, 9.17) is 4.74 Å². The van der Waals surface area contributed by atoms with E-state index in [0.717, 1.165) is 9.46 Å². The number of hydrogen-bond acceptors (Lipinski definition) is 5. The van der Waals surface area contributed by atoms with E-state index in [-0.39, 0.29) is 34.2 Å². The highest BCUT2D eigenvalue weighted by Crippen LogP contribution is 2.32. The number of rotatable bonds is 5. The molecule has 0 unspecified atom stereocenters. The smallest absolute Gasteiger partial charge is 0.406 e. The van der Waals surface area contributed by atoms with Crippen LogP contribution in [0.1, 0.15) is 32.1 Å². The number of benzene rings is 1. The lowest BCUT2D eigenvalue weighted by atomic mass is 10.1. The highest BCUT2D eigenvalue weighted by molar-refractivity contribution is 8.00. The molecule has 0 saturated heterocycles. The van der Waals surface area contributed by atoms with Crippen molar-refractivity contribution in [3.05, 3.63) is 46.8 Å². The summed E-state index contributed by atoms with van der Waals surface area (Å²) in [4.78, 5) is 36.9. The molecule has 3 rings (SSSR count). The number of anilines is 1. The third kappa shape index (κ3) is 4.81. The molecule has 154 valence electrons. The average Bonchev–Trinajstić information content (AvgIpc) is 2.92. The molecule has 0 fully saturated rings. The fourth-order valence-corrected chi connectivity index (χ4v) is 3.80. The summed E-state index contributed by atoms with van der Waals surface area (Å²) in [5.41, 5.74) is 1.17. The second-order valence-corrected chi connectivity index (χ2v) is 7.55. The minimum atomic E-state index is -4.42. The second kappa shape index (κ2) is 7.94. The summed E-state index contributed by atoms with van der Waals surface area (Å²) in [5.74, 6) is -1.26. The van der Waals surface area contributed by atoms with Crippen LogP contribution >= 0.6 is 11.8 Å². The molecule has 1 amide bonds. The van der Waals surface area contributed by atoms with Gasteiger partial charge >= 0.3 is 12.1 Å². The lowest BCUT2D eigenvalue weighted by molar-refractivity contribution is -0.141. The number of nitrogens with one attached hydrogen (secondary N) is 1. The quantitative estimate of drug-likeness (QED) is 0.582. The van der Waals surface area contributed by atoms with Gasteiger partial charge in [-0.2, -0.15) is 13.2 Å². The maximum Gasteiger partial charge on any atom is 0.406 e. The van der Waals surface area contributed by atoms with Crippen molar-refractivity contribution in [2.24, 2.45) is 0 Å². The van der Waals surface area contributed by atoms with Gasteiger partial charge < -0.3 is 14.6 Å². The number of alkyl halides is 3. The predicted molar refractivity (Wildman–Crippen MR) is 100 cm³/mol. The number of nitrogens with zero attached hydrogens (tertiary/aromatic N) is 1. The fourth-order valence-electron chi connectivity index (χ4n) is 3.01. The van der Waals surface area contributed by atoms with E-state index in [1.54, 1.807) is 6.07 Å². The minimum absolute atomic E-state index is 0.0775. The molecule has 1 N–H and O–H groups in total. The zero-order chi connectivity index (χ0) is 21.3. The third-order valence-electron chi connectivity index (χ3n) is 4.39. The Bertz CT molecular complexity index is 998. The summed E-state index contributed by atoms with van der Waals surface area (Å²) in [6, 6.07) is 6.00. The highest BCUT2D eigenvalue weighted by atomic mass is 32.2. The van der Waals surface area contributed by atoms with Crippen molar-refractivity contribution in [3.8, 4) is 0 Å². The monoisotopic (exact) mass is 426 g/mol. The molecule has 0 spiro atoms.